The maximum atomic E-state index is 13.3. The summed E-state index contributed by atoms with van der Waals surface area (Å²) >= 11 is 0. The molecule has 1 saturated carbocycles. The number of halogens is 3. The molecule has 2 saturated heterocycles. The topological polar surface area (TPSA) is 26.7 Å². The van der Waals surface area contributed by atoms with Crippen LogP contribution in [-0.4, -0.2) is 52.7 Å². The molecule has 182 valence electrons. The number of nitrogens with zero attached hydrogens (tertiary/aromatic N) is 2. The van der Waals surface area contributed by atoms with Crippen molar-refractivity contribution in [3.05, 3.63) is 71.5 Å². The lowest BCUT2D eigenvalue weighted by molar-refractivity contribution is -0.0605. The van der Waals surface area contributed by atoms with Gasteiger partial charge in [0, 0.05) is 18.6 Å². The van der Waals surface area contributed by atoms with Crippen LogP contribution in [0.25, 0.3) is 0 Å². The first-order valence-electron chi connectivity index (χ1n) is 12.1. The molecular weight excluding hydrogens is 458 g/mol. The number of hydrogen-bond donors (Lipinski definition) is 1. The number of aliphatic hydroxyl groups is 1. The quantitative estimate of drug-likeness (QED) is 0.594. The lowest BCUT2D eigenvalue weighted by Gasteiger charge is -2.51. The molecule has 1 N–H and O–H groups in total. The standard InChI is InChI=1S/C27H35FN2O.2ClH/c28-24-10-8-20(9-11-24)19-30-14-4-7-23-17-26(27(31)18-25(23)30)29-15-12-22(13-16-29)21-5-2-1-3-6-21;;/h1-3,5-6,8-11,22-23,25-27,31H,4,7,12-19H2;2*1H. The van der Waals surface area contributed by atoms with E-state index in [4.69, 9.17) is 0 Å². The lowest BCUT2D eigenvalue weighted by Crippen LogP contribution is -2.58. The minimum Gasteiger partial charge on any atom is -0.391 e. The molecular formula is C27H37Cl2FN2O. The van der Waals surface area contributed by atoms with Crippen molar-refractivity contribution in [1.29, 1.82) is 0 Å². The second-order valence-electron chi connectivity index (χ2n) is 9.89. The van der Waals surface area contributed by atoms with Crippen LogP contribution in [0.15, 0.2) is 54.6 Å². The number of likely N-dealkylation sites (tertiary alicyclic amines) is 2. The molecule has 5 rings (SSSR count). The summed E-state index contributed by atoms with van der Waals surface area (Å²) in [5.74, 6) is 1.15. The Morgan fingerprint density at radius 3 is 2.21 bits per heavy atom. The van der Waals surface area contributed by atoms with E-state index < -0.39 is 0 Å². The van der Waals surface area contributed by atoms with E-state index in [1.165, 1.54) is 36.8 Å². The summed E-state index contributed by atoms with van der Waals surface area (Å²) in [7, 11) is 0. The summed E-state index contributed by atoms with van der Waals surface area (Å²) in [4.78, 5) is 5.13. The number of piperidine rings is 2. The second kappa shape index (κ2) is 12.0. The maximum absolute atomic E-state index is 13.3. The van der Waals surface area contributed by atoms with Crippen molar-refractivity contribution in [3.63, 3.8) is 0 Å². The Balaban J connectivity index is 0.00000153. The molecule has 2 aromatic rings. The van der Waals surface area contributed by atoms with Gasteiger partial charge in [-0.05, 0) is 93.3 Å². The third-order valence-electron chi connectivity index (χ3n) is 8.07. The van der Waals surface area contributed by atoms with Crippen molar-refractivity contribution >= 4 is 24.8 Å². The van der Waals surface area contributed by atoms with Gasteiger partial charge in [-0.3, -0.25) is 9.80 Å². The van der Waals surface area contributed by atoms with Gasteiger partial charge in [0.2, 0.25) is 0 Å². The summed E-state index contributed by atoms with van der Waals surface area (Å²) in [6.45, 7) is 4.13. The summed E-state index contributed by atoms with van der Waals surface area (Å²) in [6, 6.07) is 18.6. The molecule has 0 bridgehead atoms. The van der Waals surface area contributed by atoms with Gasteiger partial charge in [0.25, 0.3) is 0 Å². The summed E-state index contributed by atoms with van der Waals surface area (Å²) < 4.78 is 13.3. The van der Waals surface area contributed by atoms with E-state index in [0.717, 1.165) is 39.0 Å². The van der Waals surface area contributed by atoms with Gasteiger partial charge in [-0.25, -0.2) is 4.39 Å². The predicted octanol–water partition coefficient (Wildman–Crippen LogP) is 5.65. The molecule has 1 aliphatic carbocycles. The minimum atomic E-state index is -0.247. The highest BCUT2D eigenvalue weighted by Crippen LogP contribution is 2.39. The fraction of sp³-hybridized carbons (Fsp3) is 0.556. The molecule has 0 aromatic heterocycles. The highest BCUT2D eigenvalue weighted by Gasteiger charge is 2.43. The van der Waals surface area contributed by atoms with Crippen molar-refractivity contribution in [1.82, 2.24) is 9.80 Å². The molecule has 0 spiro atoms. The van der Waals surface area contributed by atoms with E-state index in [2.05, 4.69) is 40.1 Å². The molecule has 0 radical (unpaired) electrons. The van der Waals surface area contributed by atoms with Gasteiger partial charge in [0.1, 0.15) is 5.82 Å². The van der Waals surface area contributed by atoms with Gasteiger partial charge in [0.15, 0.2) is 0 Å². The van der Waals surface area contributed by atoms with E-state index in [1.54, 1.807) is 12.1 Å². The van der Waals surface area contributed by atoms with Gasteiger partial charge in [-0.2, -0.15) is 0 Å². The van der Waals surface area contributed by atoms with Gasteiger partial charge >= 0.3 is 0 Å². The second-order valence-corrected chi connectivity index (χ2v) is 9.89. The Bertz CT molecular complexity index is 845. The van der Waals surface area contributed by atoms with Crippen LogP contribution in [-0.2, 0) is 6.54 Å². The van der Waals surface area contributed by atoms with Crippen molar-refractivity contribution in [3.8, 4) is 0 Å². The molecule has 3 aliphatic rings. The van der Waals surface area contributed by atoms with Gasteiger partial charge in [0.05, 0.1) is 6.10 Å². The monoisotopic (exact) mass is 494 g/mol. The highest BCUT2D eigenvalue weighted by molar-refractivity contribution is 5.85. The van der Waals surface area contributed by atoms with Crippen LogP contribution in [0.2, 0.25) is 0 Å². The smallest absolute Gasteiger partial charge is 0.123 e. The Morgan fingerprint density at radius 2 is 1.52 bits per heavy atom. The van der Waals surface area contributed by atoms with Crippen LogP contribution >= 0.6 is 24.8 Å². The summed E-state index contributed by atoms with van der Waals surface area (Å²) in [6.07, 6.45) is 6.62. The molecule has 3 fully saturated rings. The minimum absolute atomic E-state index is 0. The zero-order valence-corrected chi connectivity index (χ0v) is 20.8. The number of benzene rings is 2. The van der Waals surface area contributed by atoms with E-state index in [1.807, 2.05) is 12.1 Å². The van der Waals surface area contributed by atoms with E-state index in [0.29, 0.717) is 23.9 Å². The van der Waals surface area contributed by atoms with Crippen LogP contribution in [0.1, 0.15) is 55.6 Å². The molecule has 6 heteroatoms. The molecule has 4 unspecified atom stereocenters. The Morgan fingerprint density at radius 1 is 0.818 bits per heavy atom. The number of fused-ring (bicyclic) bond motifs is 1. The third kappa shape index (κ3) is 6.10. The number of hydrogen-bond acceptors (Lipinski definition) is 3. The third-order valence-corrected chi connectivity index (χ3v) is 8.07. The molecule has 2 aliphatic heterocycles. The maximum Gasteiger partial charge on any atom is 0.123 e. The van der Waals surface area contributed by atoms with Crippen molar-refractivity contribution in [2.24, 2.45) is 5.92 Å². The Kier molecular flexibility index (Phi) is 9.61. The Hall–Kier alpha value is -1.17. The molecule has 2 heterocycles. The van der Waals surface area contributed by atoms with E-state index in [9.17, 15) is 9.50 Å². The van der Waals surface area contributed by atoms with E-state index >= 15 is 0 Å². The van der Waals surface area contributed by atoms with Crippen LogP contribution in [0.5, 0.6) is 0 Å². The molecule has 4 atom stereocenters. The first-order valence-corrected chi connectivity index (χ1v) is 12.1. The van der Waals surface area contributed by atoms with Crippen LogP contribution in [0, 0.1) is 11.7 Å². The summed E-state index contributed by atoms with van der Waals surface area (Å²) in [5.41, 5.74) is 2.64. The highest BCUT2D eigenvalue weighted by atomic mass is 35.5. The summed E-state index contributed by atoms with van der Waals surface area (Å²) in [5, 5.41) is 11.1. The van der Waals surface area contributed by atoms with Crippen molar-refractivity contribution in [2.45, 2.75) is 69.2 Å². The zero-order valence-electron chi connectivity index (χ0n) is 19.2. The van der Waals surface area contributed by atoms with Gasteiger partial charge in [-0.1, -0.05) is 42.5 Å². The SMILES string of the molecule is Cl.Cl.OC1CC2C(CCCN2Cc2ccc(F)cc2)CC1N1CCC(c2ccccc2)CC1. The van der Waals surface area contributed by atoms with Crippen LogP contribution in [0.4, 0.5) is 4.39 Å². The Labute approximate surface area is 210 Å². The van der Waals surface area contributed by atoms with Crippen molar-refractivity contribution in [2.75, 3.05) is 19.6 Å². The van der Waals surface area contributed by atoms with E-state index in [-0.39, 0.29) is 36.7 Å². The predicted molar refractivity (Wildman–Crippen MR) is 137 cm³/mol. The average molecular weight is 496 g/mol. The zero-order chi connectivity index (χ0) is 21.2. The first-order chi connectivity index (χ1) is 15.2. The average Bonchev–Trinajstić information content (AvgIpc) is 2.81. The van der Waals surface area contributed by atoms with Gasteiger partial charge in [-0.15, -0.1) is 24.8 Å². The molecule has 3 nitrogen and oxygen atoms in total. The molecule has 0 amide bonds. The molecule has 33 heavy (non-hydrogen) atoms. The number of rotatable bonds is 4. The first kappa shape index (κ1) is 26.4. The van der Waals surface area contributed by atoms with Crippen molar-refractivity contribution < 1.29 is 9.50 Å². The number of aliphatic hydroxyl groups excluding tert-OH is 1. The fourth-order valence-corrected chi connectivity index (χ4v) is 6.40. The normalized spacial score (nSPS) is 28.9. The van der Waals surface area contributed by atoms with Crippen LogP contribution in [0.3, 0.4) is 0 Å². The fourth-order valence-electron chi connectivity index (χ4n) is 6.40. The lowest BCUT2D eigenvalue weighted by atomic mass is 9.73. The van der Waals surface area contributed by atoms with Gasteiger partial charge < -0.3 is 5.11 Å². The molecule has 2 aromatic carbocycles. The largest absolute Gasteiger partial charge is 0.391 e. The van der Waals surface area contributed by atoms with Crippen LogP contribution < -0.4 is 0 Å².